The highest BCUT2D eigenvalue weighted by atomic mass is 16.2. The van der Waals surface area contributed by atoms with Crippen LogP contribution in [0.25, 0.3) is 0 Å². The number of carbonyl (C=O) groups excluding carboxylic acids is 3. The molecule has 0 heterocycles. The number of rotatable bonds is 5. The molecule has 0 atom stereocenters. The first kappa shape index (κ1) is 15.4. The van der Waals surface area contributed by atoms with Crippen LogP contribution < -0.4 is 11.1 Å². The van der Waals surface area contributed by atoms with Crippen LogP contribution in [0.15, 0.2) is 48.5 Å². The Balaban J connectivity index is 2.00. The van der Waals surface area contributed by atoms with E-state index < -0.39 is 17.6 Å². The molecule has 0 aliphatic rings. The Bertz CT molecular complexity index is 721. The average Bonchev–Trinajstić information content (AvgIpc) is 2.53. The van der Waals surface area contributed by atoms with Crippen molar-refractivity contribution in [3.05, 3.63) is 70.8 Å². The number of carbonyl (C=O) groups is 3. The molecule has 0 spiro atoms. The van der Waals surface area contributed by atoms with Gasteiger partial charge in [0.25, 0.3) is 5.91 Å². The summed E-state index contributed by atoms with van der Waals surface area (Å²) in [6.07, 6.45) is 0. The Kier molecular flexibility index (Phi) is 4.68. The molecule has 2 amide bonds. The van der Waals surface area contributed by atoms with Crippen molar-refractivity contribution >= 4 is 17.6 Å². The molecule has 0 unspecified atom stereocenters. The van der Waals surface area contributed by atoms with Gasteiger partial charge in [0.05, 0.1) is 0 Å². The SMILES string of the molecule is Cc1ccc(C(=O)C(=O)NCc2cccc(C(N)=O)c2)cc1. The Hall–Kier alpha value is -2.95. The highest BCUT2D eigenvalue weighted by molar-refractivity contribution is 6.42. The van der Waals surface area contributed by atoms with Crippen LogP contribution in [0.5, 0.6) is 0 Å². The number of Topliss-reactive ketones (excluding diaryl/α,β-unsaturated/α-hetero) is 1. The minimum Gasteiger partial charge on any atom is -0.366 e. The van der Waals surface area contributed by atoms with Crippen LogP contribution in [0.4, 0.5) is 0 Å². The molecular weight excluding hydrogens is 280 g/mol. The lowest BCUT2D eigenvalue weighted by Gasteiger charge is -2.06. The molecule has 2 aromatic carbocycles. The van der Waals surface area contributed by atoms with Crippen molar-refractivity contribution in [2.24, 2.45) is 5.73 Å². The van der Waals surface area contributed by atoms with Crippen LogP contribution in [0.1, 0.15) is 31.8 Å². The molecule has 5 nitrogen and oxygen atoms in total. The molecule has 2 rings (SSSR count). The van der Waals surface area contributed by atoms with E-state index in [2.05, 4.69) is 5.32 Å². The quantitative estimate of drug-likeness (QED) is 0.648. The summed E-state index contributed by atoms with van der Waals surface area (Å²) in [5.74, 6) is -1.82. The minimum absolute atomic E-state index is 0.150. The fourth-order valence-electron chi connectivity index (χ4n) is 1.93. The number of hydrogen-bond acceptors (Lipinski definition) is 3. The van der Waals surface area contributed by atoms with Gasteiger partial charge in [-0.05, 0) is 24.6 Å². The van der Waals surface area contributed by atoms with Gasteiger partial charge in [-0.3, -0.25) is 14.4 Å². The van der Waals surface area contributed by atoms with Crippen LogP contribution in [-0.4, -0.2) is 17.6 Å². The monoisotopic (exact) mass is 296 g/mol. The average molecular weight is 296 g/mol. The van der Waals surface area contributed by atoms with Crippen LogP contribution in [0.2, 0.25) is 0 Å². The van der Waals surface area contributed by atoms with Gasteiger partial charge in [-0.15, -0.1) is 0 Å². The van der Waals surface area contributed by atoms with E-state index in [1.54, 1.807) is 48.5 Å². The van der Waals surface area contributed by atoms with Gasteiger partial charge in [0, 0.05) is 17.7 Å². The van der Waals surface area contributed by atoms with Crippen molar-refractivity contribution in [3.8, 4) is 0 Å². The maximum absolute atomic E-state index is 12.0. The van der Waals surface area contributed by atoms with Crippen LogP contribution in [0.3, 0.4) is 0 Å². The van der Waals surface area contributed by atoms with Crippen molar-refractivity contribution in [1.29, 1.82) is 0 Å². The van der Waals surface area contributed by atoms with Crippen molar-refractivity contribution in [2.75, 3.05) is 0 Å². The molecule has 0 aromatic heterocycles. The van der Waals surface area contributed by atoms with Gasteiger partial charge in [-0.25, -0.2) is 0 Å². The summed E-state index contributed by atoms with van der Waals surface area (Å²) < 4.78 is 0. The van der Waals surface area contributed by atoms with E-state index in [4.69, 9.17) is 5.73 Å². The molecule has 0 aliphatic heterocycles. The molecule has 2 aromatic rings. The Morgan fingerprint density at radius 3 is 2.32 bits per heavy atom. The predicted octanol–water partition coefficient (Wildman–Crippen LogP) is 1.59. The summed E-state index contributed by atoms with van der Waals surface area (Å²) in [4.78, 5) is 34.9. The predicted molar refractivity (Wildman–Crippen MR) is 82.3 cm³/mol. The lowest BCUT2D eigenvalue weighted by molar-refractivity contribution is -0.117. The van der Waals surface area contributed by atoms with Gasteiger partial charge in [0.2, 0.25) is 11.7 Å². The van der Waals surface area contributed by atoms with Gasteiger partial charge in [0.15, 0.2) is 0 Å². The first-order chi connectivity index (χ1) is 10.5. The second-order valence-electron chi connectivity index (χ2n) is 4.94. The summed E-state index contributed by atoms with van der Waals surface area (Å²) in [6, 6.07) is 13.4. The highest BCUT2D eigenvalue weighted by Crippen LogP contribution is 2.06. The molecule has 3 N–H and O–H groups in total. The summed E-state index contributed by atoms with van der Waals surface area (Å²) in [5, 5.41) is 2.54. The summed E-state index contributed by atoms with van der Waals surface area (Å²) in [7, 11) is 0. The molecule has 0 bridgehead atoms. The topological polar surface area (TPSA) is 89.3 Å². The van der Waals surface area contributed by atoms with Crippen molar-refractivity contribution in [2.45, 2.75) is 13.5 Å². The number of amides is 2. The number of benzene rings is 2. The molecule has 0 saturated heterocycles. The molecule has 112 valence electrons. The zero-order chi connectivity index (χ0) is 16.1. The summed E-state index contributed by atoms with van der Waals surface area (Å²) in [5.41, 5.74) is 7.60. The third-order valence-corrected chi connectivity index (χ3v) is 3.18. The van der Waals surface area contributed by atoms with Crippen LogP contribution in [0, 0.1) is 6.92 Å². The lowest BCUT2D eigenvalue weighted by atomic mass is 10.1. The zero-order valence-corrected chi connectivity index (χ0v) is 12.1. The number of aryl methyl sites for hydroxylation is 1. The van der Waals surface area contributed by atoms with E-state index in [1.807, 2.05) is 6.92 Å². The van der Waals surface area contributed by atoms with Crippen molar-refractivity contribution in [1.82, 2.24) is 5.32 Å². The van der Waals surface area contributed by atoms with Crippen molar-refractivity contribution < 1.29 is 14.4 Å². The van der Waals surface area contributed by atoms with E-state index in [0.717, 1.165) is 5.56 Å². The Morgan fingerprint density at radius 2 is 1.68 bits per heavy atom. The standard InChI is InChI=1S/C17H16N2O3/c1-11-5-7-13(8-6-11)15(20)17(22)19-10-12-3-2-4-14(9-12)16(18)21/h2-9H,10H2,1H3,(H2,18,21)(H,19,22). The highest BCUT2D eigenvalue weighted by Gasteiger charge is 2.15. The largest absolute Gasteiger partial charge is 0.366 e. The molecule has 0 aliphatic carbocycles. The third-order valence-electron chi connectivity index (χ3n) is 3.18. The molecule has 0 saturated carbocycles. The van der Waals surface area contributed by atoms with Gasteiger partial charge < -0.3 is 11.1 Å². The van der Waals surface area contributed by atoms with E-state index in [0.29, 0.717) is 16.7 Å². The molecule has 5 heteroatoms. The zero-order valence-electron chi connectivity index (χ0n) is 12.1. The second kappa shape index (κ2) is 6.67. The first-order valence-electron chi connectivity index (χ1n) is 6.75. The third kappa shape index (κ3) is 3.79. The van der Waals surface area contributed by atoms with Gasteiger partial charge in [-0.1, -0.05) is 42.0 Å². The number of nitrogens with two attached hydrogens (primary N) is 1. The maximum atomic E-state index is 12.0. The van der Waals surface area contributed by atoms with Gasteiger partial charge in [-0.2, -0.15) is 0 Å². The number of nitrogens with one attached hydrogen (secondary N) is 1. The van der Waals surface area contributed by atoms with E-state index in [9.17, 15) is 14.4 Å². The van der Waals surface area contributed by atoms with E-state index in [1.165, 1.54) is 0 Å². The van der Waals surface area contributed by atoms with E-state index in [-0.39, 0.29) is 6.54 Å². The molecule has 0 fully saturated rings. The first-order valence-corrected chi connectivity index (χ1v) is 6.75. The van der Waals surface area contributed by atoms with Gasteiger partial charge in [0.1, 0.15) is 0 Å². The van der Waals surface area contributed by atoms with E-state index >= 15 is 0 Å². The summed E-state index contributed by atoms with van der Waals surface area (Å²) in [6.45, 7) is 2.05. The molecule has 22 heavy (non-hydrogen) atoms. The fraction of sp³-hybridized carbons (Fsp3) is 0.118. The normalized spacial score (nSPS) is 10.0. The lowest BCUT2D eigenvalue weighted by Crippen LogP contribution is -2.30. The Labute approximate surface area is 128 Å². The fourth-order valence-corrected chi connectivity index (χ4v) is 1.93. The second-order valence-corrected chi connectivity index (χ2v) is 4.94. The van der Waals surface area contributed by atoms with Gasteiger partial charge >= 0.3 is 0 Å². The smallest absolute Gasteiger partial charge is 0.292 e. The number of primary amides is 1. The molecular formula is C17H16N2O3. The maximum Gasteiger partial charge on any atom is 0.292 e. The van der Waals surface area contributed by atoms with Crippen molar-refractivity contribution in [3.63, 3.8) is 0 Å². The molecule has 0 radical (unpaired) electrons. The van der Waals surface area contributed by atoms with Crippen LogP contribution in [-0.2, 0) is 11.3 Å². The minimum atomic E-state index is -0.687. The number of hydrogen-bond donors (Lipinski definition) is 2. The Morgan fingerprint density at radius 1 is 1.00 bits per heavy atom. The number of ketones is 1. The summed E-state index contributed by atoms with van der Waals surface area (Å²) >= 11 is 0. The van der Waals surface area contributed by atoms with Crippen LogP contribution >= 0.6 is 0 Å².